The summed E-state index contributed by atoms with van der Waals surface area (Å²) in [6.07, 6.45) is 4.84. The summed E-state index contributed by atoms with van der Waals surface area (Å²) < 4.78 is 16.7. The number of amides is 1. The largest absolute Gasteiger partial charge is 0.493 e. The zero-order chi connectivity index (χ0) is 23.3. The number of nitrogens with zero attached hydrogens (tertiary/aromatic N) is 1. The van der Waals surface area contributed by atoms with E-state index in [-0.39, 0.29) is 12.5 Å². The predicted octanol–water partition coefficient (Wildman–Crippen LogP) is 5.46. The fourth-order valence-electron chi connectivity index (χ4n) is 3.15. The van der Waals surface area contributed by atoms with E-state index < -0.39 is 0 Å². The Morgan fingerprint density at radius 1 is 0.909 bits per heavy atom. The van der Waals surface area contributed by atoms with Crippen LogP contribution in [0.5, 0.6) is 17.2 Å². The Labute approximate surface area is 195 Å². The first-order valence-corrected chi connectivity index (χ1v) is 11.1. The third kappa shape index (κ3) is 7.68. The summed E-state index contributed by atoms with van der Waals surface area (Å²) in [5.74, 6) is 1.60. The van der Waals surface area contributed by atoms with Gasteiger partial charge in [-0.2, -0.15) is 5.10 Å². The number of carbonyl (C=O) groups is 1. The van der Waals surface area contributed by atoms with Crippen molar-refractivity contribution in [3.63, 3.8) is 0 Å². The molecule has 0 unspecified atom stereocenters. The number of methoxy groups -OCH3 is 1. The molecule has 3 aromatic rings. The monoisotopic (exact) mass is 446 g/mol. The summed E-state index contributed by atoms with van der Waals surface area (Å²) in [5, 5.41) is 4.00. The summed E-state index contributed by atoms with van der Waals surface area (Å²) in [6.45, 7) is 2.68. The molecule has 33 heavy (non-hydrogen) atoms. The summed E-state index contributed by atoms with van der Waals surface area (Å²) in [5.41, 5.74) is 5.47. The highest BCUT2D eigenvalue weighted by Gasteiger charge is 2.06. The van der Waals surface area contributed by atoms with Gasteiger partial charge >= 0.3 is 0 Å². The van der Waals surface area contributed by atoms with Crippen LogP contribution in [0.1, 0.15) is 31.7 Å². The number of hydrogen-bond acceptors (Lipinski definition) is 5. The van der Waals surface area contributed by atoms with E-state index in [0.29, 0.717) is 23.9 Å². The second kappa shape index (κ2) is 12.9. The van der Waals surface area contributed by atoms with Crippen molar-refractivity contribution in [1.82, 2.24) is 5.43 Å². The summed E-state index contributed by atoms with van der Waals surface area (Å²) in [4.78, 5) is 12.0. The molecule has 0 saturated carbocycles. The van der Waals surface area contributed by atoms with Gasteiger partial charge in [-0.25, -0.2) is 5.43 Å². The lowest BCUT2D eigenvalue weighted by molar-refractivity contribution is -0.123. The molecule has 0 aliphatic carbocycles. The Kier molecular flexibility index (Phi) is 9.33. The van der Waals surface area contributed by atoms with Gasteiger partial charge < -0.3 is 14.2 Å². The number of unbranched alkanes of at least 4 members (excludes halogenated alkanes) is 2. The first-order chi connectivity index (χ1) is 16.2. The minimum Gasteiger partial charge on any atom is -0.493 e. The summed E-state index contributed by atoms with van der Waals surface area (Å²) >= 11 is 0. The van der Waals surface area contributed by atoms with Gasteiger partial charge in [-0.05, 0) is 53.4 Å². The van der Waals surface area contributed by atoms with Crippen LogP contribution < -0.4 is 19.6 Å². The zero-order valence-corrected chi connectivity index (χ0v) is 19.1. The maximum absolute atomic E-state index is 12.0. The van der Waals surface area contributed by atoms with Crippen LogP contribution in [-0.2, 0) is 4.79 Å². The van der Waals surface area contributed by atoms with Gasteiger partial charge in [0.1, 0.15) is 5.75 Å². The number of ether oxygens (including phenoxy) is 3. The molecule has 0 aliphatic rings. The van der Waals surface area contributed by atoms with Crippen LogP contribution in [0.4, 0.5) is 0 Å². The van der Waals surface area contributed by atoms with Crippen LogP contribution in [0.2, 0.25) is 0 Å². The third-order valence-electron chi connectivity index (χ3n) is 4.93. The van der Waals surface area contributed by atoms with Gasteiger partial charge in [-0.15, -0.1) is 0 Å². The van der Waals surface area contributed by atoms with E-state index in [4.69, 9.17) is 14.2 Å². The summed E-state index contributed by atoms with van der Waals surface area (Å²) in [6, 6.07) is 23.2. The Morgan fingerprint density at radius 2 is 1.67 bits per heavy atom. The molecular formula is C27H30N2O4. The fraction of sp³-hybridized carbons (Fsp3) is 0.259. The lowest BCUT2D eigenvalue weighted by Gasteiger charge is -2.11. The Morgan fingerprint density at radius 3 is 2.39 bits per heavy atom. The van der Waals surface area contributed by atoms with Gasteiger partial charge in [-0.1, -0.05) is 62.2 Å². The van der Waals surface area contributed by atoms with Crippen LogP contribution >= 0.6 is 0 Å². The first kappa shape index (κ1) is 23.9. The third-order valence-corrected chi connectivity index (χ3v) is 4.93. The van der Waals surface area contributed by atoms with E-state index in [0.717, 1.165) is 36.0 Å². The van der Waals surface area contributed by atoms with Crippen LogP contribution in [-0.4, -0.2) is 32.4 Å². The van der Waals surface area contributed by atoms with Crippen molar-refractivity contribution < 1.29 is 19.0 Å². The van der Waals surface area contributed by atoms with Crippen molar-refractivity contribution >= 4 is 12.1 Å². The van der Waals surface area contributed by atoms with Gasteiger partial charge in [0.25, 0.3) is 5.91 Å². The van der Waals surface area contributed by atoms with Crippen LogP contribution in [0.15, 0.2) is 77.9 Å². The molecule has 0 aliphatic heterocycles. The minimum atomic E-state index is -0.346. The normalized spacial score (nSPS) is 10.7. The van der Waals surface area contributed by atoms with Gasteiger partial charge in [0.15, 0.2) is 18.1 Å². The number of benzene rings is 3. The van der Waals surface area contributed by atoms with Crippen LogP contribution in [0.3, 0.4) is 0 Å². The SMILES string of the molecule is CCCCCOc1ccc(/C=N/NC(=O)COc2ccc(-c3ccccc3)cc2)cc1OC. The van der Waals surface area contributed by atoms with Gasteiger partial charge in [-0.3, -0.25) is 4.79 Å². The molecule has 172 valence electrons. The second-order valence-corrected chi connectivity index (χ2v) is 7.44. The van der Waals surface area contributed by atoms with E-state index in [2.05, 4.69) is 17.5 Å². The molecule has 0 bridgehead atoms. The number of carbonyl (C=O) groups excluding carboxylic acids is 1. The van der Waals surface area contributed by atoms with Crippen molar-refractivity contribution in [2.24, 2.45) is 5.10 Å². The molecule has 0 heterocycles. The topological polar surface area (TPSA) is 69.2 Å². The highest BCUT2D eigenvalue weighted by atomic mass is 16.5. The average Bonchev–Trinajstić information content (AvgIpc) is 2.86. The Bertz CT molecular complexity index is 1030. The smallest absolute Gasteiger partial charge is 0.277 e. The molecule has 0 spiro atoms. The number of rotatable bonds is 12. The standard InChI is InChI=1S/C27H30N2O4/c1-3-4-8-17-32-25-16-11-21(18-26(25)31-2)19-28-29-27(30)20-33-24-14-12-23(13-15-24)22-9-6-5-7-10-22/h5-7,9-16,18-19H,3-4,8,17,20H2,1-2H3,(H,29,30)/b28-19+. The van der Waals surface area contributed by atoms with Gasteiger partial charge in [0, 0.05) is 0 Å². The molecule has 3 rings (SSSR count). The van der Waals surface area contributed by atoms with E-state index >= 15 is 0 Å². The van der Waals surface area contributed by atoms with Crippen molar-refractivity contribution in [2.75, 3.05) is 20.3 Å². The van der Waals surface area contributed by atoms with Crippen molar-refractivity contribution in [1.29, 1.82) is 0 Å². The predicted molar refractivity (Wildman–Crippen MR) is 131 cm³/mol. The molecule has 6 heteroatoms. The highest BCUT2D eigenvalue weighted by molar-refractivity contribution is 5.83. The second-order valence-electron chi connectivity index (χ2n) is 7.44. The van der Waals surface area contributed by atoms with Crippen LogP contribution in [0, 0.1) is 0 Å². The molecule has 0 fully saturated rings. The Balaban J connectivity index is 1.46. The average molecular weight is 447 g/mol. The molecule has 0 saturated heterocycles. The molecule has 0 atom stereocenters. The zero-order valence-electron chi connectivity index (χ0n) is 19.1. The van der Waals surface area contributed by atoms with Crippen molar-refractivity contribution in [3.05, 3.63) is 78.4 Å². The number of nitrogens with one attached hydrogen (secondary N) is 1. The Hall–Kier alpha value is -3.80. The molecule has 1 N–H and O–H groups in total. The molecule has 3 aromatic carbocycles. The number of hydrazone groups is 1. The van der Waals surface area contributed by atoms with Crippen molar-refractivity contribution in [3.8, 4) is 28.4 Å². The lowest BCUT2D eigenvalue weighted by Crippen LogP contribution is -2.24. The lowest BCUT2D eigenvalue weighted by atomic mass is 10.1. The van der Waals surface area contributed by atoms with Gasteiger partial charge in [0.05, 0.1) is 19.9 Å². The maximum atomic E-state index is 12.0. The molecule has 0 aromatic heterocycles. The van der Waals surface area contributed by atoms with Crippen molar-refractivity contribution in [2.45, 2.75) is 26.2 Å². The fourth-order valence-corrected chi connectivity index (χ4v) is 3.15. The number of hydrogen-bond donors (Lipinski definition) is 1. The molecule has 1 amide bonds. The molecular weight excluding hydrogens is 416 g/mol. The van der Waals surface area contributed by atoms with Crippen LogP contribution in [0.25, 0.3) is 11.1 Å². The van der Waals surface area contributed by atoms with E-state index in [1.165, 1.54) is 0 Å². The van der Waals surface area contributed by atoms with E-state index in [9.17, 15) is 4.79 Å². The van der Waals surface area contributed by atoms with Gasteiger partial charge in [0.2, 0.25) is 0 Å². The molecule has 6 nitrogen and oxygen atoms in total. The first-order valence-electron chi connectivity index (χ1n) is 11.1. The maximum Gasteiger partial charge on any atom is 0.277 e. The minimum absolute atomic E-state index is 0.129. The van der Waals surface area contributed by atoms with E-state index in [1.807, 2.05) is 72.8 Å². The highest BCUT2D eigenvalue weighted by Crippen LogP contribution is 2.28. The quantitative estimate of drug-likeness (QED) is 0.228. The van der Waals surface area contributed by atoms with E-state index in [1.54, 1.807) is 13.3 Å². The summed E-state index contributed by atoms with van der Waals surface area (Å²) in [7, 11) is 1.60. The molecule has 0 radical (unpaired) electrons.